The van der Waals surface area contributed by atoms with E-state index in [2.05, 4.69) is 10.6 Å². The zero-order valence-corrected chi connectivity index (χ0v) is 11.7. The fourth-order valence-corrected chi connectivity index (χ4v) is 1.24. The summed E-state index contributed by atoms with van der Waals surface area (Å²) >= 11 is 0. The molecule has 0 unspecified atom stereocenters. The highest BCUT2D eigenvalue weighted by molar-refractivity contribution is 5.82. The predicted octanol–water partition coefficient (Wildman–Crippen LogP) is 1.21. The molecule has 2 amide bonds. The molecule has 0 heterocycles. The highest BCUT2D eigenvalue weighted by Crippen LogP contribution is 2.08. The van der Waals surface area contributed by atoms with E-state index in [4.69, 9.17) is 9.84 Å². The Morgan fingerprint density at radius 1 is 1.39 bits per heavy atom. The number of hydrogen-bond acceptors (Lipinski definition) is 3. The van der Waals surface area contributed by atoms with Crippen molar-refractivity contribution in [2.24, 2.45) is 5.92 Å². The number of hydrogen-bond donors (Lipinski definition) is 3. The summed E-state index contributed by atoms with van der Waals surface area (Å²) in [6.45, 7) is 7.64. The summed E-state index contributed by atoms with van der Waals surface area (Å²) in [5, 5.41) is 14.1. The Morgan fingerprint density at radius 2 is 1.94 bits per heavy atom. The van der Waals surface area contributed by atoms with Crippen LogP contribution in [-0.4, -0.2) is 42.4 Å². The van der Waals surface area contributed by atoms with Gasteiger partial charge in [0.25, 0.3) is 0 Å². The van der Waals surface area contributed by atoms with Gasteiger partial charge in [0, 0.05) is 13.7 Å². The van der Waals surface area contributed by atoms with Crippen LogP contribution in [0.5, 0.6) is 0 Å². The molecule has 0 aromatic rings. The lowest BCUT2D eigenvalue weighted by atomic mass is 9.99. The van der Waals surface area contributed by atoms with Crippen LogP contribution in [0, 0.1) is 5.92 Å². The van der Waals surface area contributed by atoms with Gasteiger partial charge in [-0.25, -0.2) is 9.59 Å². The van der Waals surface area contributed by atoms with Crippen molar-refractivity contribution in [3.05, 3.63) is 0 Å². The number of amides is 2. The number of nitrogens with one attached hydrogen (secondary N) is 2. The Balaban J connectivity index is 4.32. The second-order valence-corrected chi connectivity index (χ2v) is 4.99. The molecular weight excluding hydrogens is 236 g/mol. The molecule has 0 aromatic heterocycles. The van der Waals surface area contributed by atoms with Crippen LogP contribution in [0.4, 0.5) is 4.79 Å². The van der Waals surface area contributed by atoms with Gasteiger partial charge < -0.3 is 20.5 Å². The number of aliphatic carboxylic acids is 1. The minimum atomic E-state index is -1.02. The molecule has 0 saturated heterocycles. The number of rotatable bonds is 7. The van der Waals surface area contributed by atoms with Gasteiger partial charge >= 0.3 is 12.0 Å². The highest BCUT2D eigenvalue weighted by atomic mass is 16.5. The van der Waals surface area contributed by atoms with Crippen molar-refractivity contribution in [1.29, 1.82) is 0 Å². The van der Waals surface area contributed by atoms with Gasteiger partial charge in [0.05, 0.1) is 5.60 Å². The maximum Gasteiger partial charge on any atom is 0.326 e. The SMILES string of the molecule is CC[C@H](C)[C@H](NC(=O)NCC(C)(C)OC)C(=O)O. The Labute approximate surface area is 108 Å². The Hall–Kier alpha value is -1.30. The lowest BCUT2D eigenvalue weighted by molar-refractivity contribution is -0.140. The third-order valence-electron chi connectivity index (χ3n) is 2.99. The Morgan fingerprint density at radius 3 is 2.33 bits per heavy atom. The van der Waals surface area contributed by atoms with Crippen molar-refractivity contribution in [3.8, 4) is 0 Å². The van der Waals surface area contributed by atoms with Gasteiger partial charge in [-0.1, -0.05) is 20.3 Å². The van der Waals surface area contributed by atoms with E-state index in [1.807, 2.05) is 20.8 Å². The number of carboxylic acids is 1. The number of methoxy groups -OCH3 is 1. The first-order valence-corrected chi connectivity index (χ1v) is 6.05. The topological polar surface area (TPSA) is 87.7 Å². The average Bonchev–Trinajstić information content (AvgIpc) is 2.32. The molecular formula is C12H24N2O4. The van der Waals surface area contributed by atoms with Crippen LogP contribution in [0.2, 0.25) is 0 Å². The highest BCUT2D eigenvalue weighted by Gasteiger charge is 2.26. The molecule has 0 spiro atoms. The summed E-state index contributed by atoms with van der Waals surface area (Å²) in [6, 6.07) is -1.37. The second-order valence-electron chi connectivity index (χ2n) is 4.99. The van der Waals surface area contributed by atoms with Crippen molar-refractivity contribution in [2.45, 2.75) is 45.8 Å². The molecule has 0 saturated carbocycles. The lowest BCUT2D eigenvalue weighted by Crippen LogP contribution is -2.51. The molecule has 2 atom stereocenters. The van der Waals surface area contributed by atoms with Crippen molar-refractivity contribution >= 4 is 12.0 Å². The van der Waals surface area contributed by atoms with Crippen molar-refractivity contribution < 1.29 is 19.4 Å². The van der Waals surface area contributed by atoms with E-state index in [1.165, 1.54) is 0 Å². The van der Waals surface area contributed by atoms with E-state index in [1.54, 1.807) is 14.0 Å². The van der Waals surface area contributed by atoms with Crippen LogP contribution in [0.1, 0.15) is 34.1 Å². The molecule has 0 aliphatic heterocycles. The fraction of sp³-hybridized carbons (Fsp3) is 0.833. The monoisotopic (exact) mass is 260 g/mol. The molecule has 0 aromatic carbocycles. The summed E-state index contributed by atoms with van der Waals surface area (Å²) in [4.78, 5) is 22.6. The molecule has 0 fully saturated rings. The van der Waals surface area contributed by atoms with Gasteiger partial charge in [0.1, 0.15) is 6.04 Å². The van der Waals surface area contributed by atoms with E-state index in [-0.39, 0.29) is 5.92 Å². The van der Waals surface area contributed by atoms with E-state index >= 15 is 0 Å². The molecule has 106 valence electrons. The van der Waals surface area contributed by atoms with Crippen LogP contribution in [-0.2, 0) is 9.53 Å². The van der Waals surface area contributed by atoms with Crippen LogP contribution in [0.3, 0.4) is 0 Å². The molecule has 0 radical (unpaired) electrons. The van der Waals surface area contributed by atoms with E-state index < -0.39 is 23.6 Å². The predicted molar refractivity (Wildman–Crippen MR) is 68.5 cm³/mol. The Kier molecular flexibility index (Phi) is 6.68. The first kappa shape index (κ1) is 16.7. The van der Waals surface area contributed by atoms with Gasteiger partial charge in [0.15, 0.2) is 0 Å². The third kappa shape index (κ3) is 5.86. The van der Waals surface area contributed by atoms with Gasteiger partial charge in [-0.15, -0.1) is 0 Å². The summed E-state index contributed by atoms with van der Waals surface area (Å²) < 4.78 is 5.15. The fourth-order valence-electron chi connectivity index (χ4n) is 1.24. The van der Waals surface area contributed by atoms with Crippen molar-refractivity contribution in [1.82, 2.24) is 10.6 Å². The first-order chi connectivity index (χ1) is 8.23. The number of urea groups is 1. The first-order valence-electron chi connectivity index (χ1n) is 6.05. The zero-order valence-electron chi connectivity index (χ0n) is 11.7. The smallest absolute Gasteiger partial charge is 0.326 e. The van der Waals surface area contributed by atoms with Gasteiger partial charge in [0.2, 0.25) is 0 Å². The molecule has 6 heteroatoms. The maximum atomic E-state index is 11.6. The van der Waals surface area contributed by atoms with Crippen LogP contribution < -0.4 is 10.6 Å². The van der Waals surface area contributed by atoms with Crippen LogP contribution in [0.15, 0.2) is 0 Å². The van der Waals surface area contributed by atoms with Crippen LogP contribution >= 0.6 is 0 Å². The lowest BCUT2D eigenvalue weighted by Gasteiger charge is -2.25. The van der Waals surface area contributed by atoms with Crippen molar-refractivity contribution in [3.63, 3.8) is 0 Å². The Bertz CT molecular complexity index is 292. The van der Waals surface area contributed by atoms with E-state index in [0.717, 1.165) is 0 Å². The summed E-state index contributed by atoms with van der Waals surface area (Å²) in [5.74, 6) is -1.14. The zero-order chi connectivity index (χ0) is 14.3. The standard InChI is InChI=1S/C12H24N2O4/c1-6-8(2)9(10(15)16)14-11(17)13-7-12(3,4)18-5/h8-9H,6-7H2,1-5H3,(H,15,16)(H2,13,14,17)/t8-,9-/m0/s1. The molecule has 0 bridgehead atoms. The second kappa shape index (κ2) is 7.20. The molecule has 18 heavy (non-hydrogen) atoms. The van der Waals surface area contributed by atoms with Gasteiger partial charge in [-0.05, 0) is 19.8 Å². The average molecular weight is 260 g/mol. The molecule has 0 aliphatic carbocycles. The van der Waals surface area contributed by atoms with Gasteiger partial charge in [-0.2, -0.15) is 0 Å². The number of ether oxygens (including phenoxy) is 1. The number of carbonyl (C=O) groups is 2. The summed E-state index contributed by atoms with van der Waals surface area (Å²) in [7, 11) is 1.55. The quantitative estimate of drug-likeness (QED) is 0.642. The minimum Gasteiger partial charge on any atom is -0.480 e. The van der Waals surface area contributed by atoms with E-state index in [0.29, 0.717) is 13.0 Å². The molecule has 0 rings (SSSR count). The number of carboxylic acid groups (broad SMARTS) is 1. The minimum absolute atomic E-state index is 0.122. The van der Waals surface area contributed by atoms with Crippen molar-refractivity contribution in [2.75, 3.05) is 13.7 Å². The van der Waals surface area contributed by atoms with Crippen LogP contribution in [0.25, 0.3) is 0 Å². The summed E-state index contributed by atoms with van der Waals surface area (Å²) in [6.07, 6.45) is 0.681. The largest absolute Gasteiger partial charge is 0.480 e. The molecule has 3 N–H and O–H groups in total. The third-order valence-corrected chi connectivity index (χ3v) is 2.99. The molecule has 6 nitrogen and oxygen atoms in total. The normalized spacial score (nSPS) is 14.7. The maximum absolute atomic E-state index is 11.6. The van der Waals surface area contributed by atoms with Gasteiger partial charge in [-0.3, -0.25) is 0 Å². The van der Waals surface area contributed by atoms with E-state index in [9.17, 15) is 9.59 Å². The molecule has 0 aliphatic rings. The summed E-state index contributed by atoms with van der Waals surface area (Å²) in [5.41, 5.74) is -0.480. The number of carbonyl (C=O) groups excluding carboxylic acids is 1.